The summed E-state index contributed by atoms with van der Waals surface area (Å²) in [4.78, 5) is 11.2. The highest BCUT2D eigenvalue weighted by atomic mass is 16.1. The SMILES string of the molecule is CCCCCCCCCCCCC/C=C/C(=O)[C@H](C)N. The first-order valence-electron chi connectivity index (χ1n) is 8.64. The number of hydrogen-bond acceptors (Lipinski definition) is 2. The van der Waals surface area contributed by atoms with Crippen LogP contribution in [-0.2, 0) is 4.79 Å². The van der Waals surface area contributed by atoms with Gasteiger partial charge in [-0.2, -0.15) is 0 Å². The molecule has 0 amide bonds. The molecule has 2 nitrogen and oxygen atoms in total. The average molecular weight is 281 g/mol. The summed E-state index contributed by atoms with van der Waals surface area (Å²) >= 11 is 0. The second-order valence-electron chi connectivity index (χ2n) is 5.92. The molecule has 0 bridgehead atoms. The van der Waals surface area contributed by atoms with Crippen LogP contribution in [0.3, 0.4) is 0 Å². The first-order chi connectivity index (χ1) is 9.68. The third kappa shape index (κ3) is 13.8. The van der Waals surface area contributed by atoms with E-state index < -0.39 is 0 Å². The van der Waals surface area contributed by atoms with E-state index >= 15 is 0 Å². The second-order valence-corrected chi connectivity index (χ2v) is 5.92. The van der Waals surface area contributed by atoms with E-state index in [1.54, 1.807) is 13.0 Å². The molecule has 0 fully saturated rings. The van der Waals surface area contributed by atoms with Crippen molar-refractivity contribution in [2.24, 2.45) is 5.73 Å². The Hall–Kier alpha value is -0.630. The summed E-state index contributed by atoms with van der Waals surface area (Å²) in [5, 5.41) is 0. The molecule has 2 N–H and O–H groups in total. The monoisotopic (exact) mass is 281 g/mol. The summed E-state index contributed by atoms with van der Waals surface area (Å²) in [6.07, 6.45) is 19.6. The minimum absolute atomic E-state index is 0.0353. The molecule has 20 heavy (non-hydrogen) atoms. The molecule has 0 saturated heterocycles. The summed E-state index contributed by atoms with van der Waals surface area (Å²) < 4.78 is 0. The molecule has 2 heteroatoms. The van der Waals surface area contributed by atoms with Gasteiger partial charge in [-0.3, -0.25) is 4.79 Å². The van der Waals surface area contributed by atoms with Gasteiger partial charge in [-0.05, 0) is 25.8 Å². The van der Waals surface area contributed by atoms with Crippen LogP contribution in [0.15, 0.2) is 12.2 Å². The maximum Gasteiger partial charge on any atom is 0.171 e. The lowest BCUT2D eigenvalue weighted by atomic mass is 10.1. The van der Waals surface area contributed by atoms with Crippen molar-refractivity contribution in [3.8, 4) is 0 Å². The van der Waals surface area contributed by atoms with Crippen molar-refractivity contribution < 1.29 is 4.79 Å². The average Bonchev–Trinajstić information content (AvgIpc) is 2.43. The predicted octanol–water partition coefficient (Wildman–Crippen LogP) is 5.16. The van der Waals surface area contributed by atoms with Crippen LogP contribution in [0.5, 0.6) is 0 Å². The molecule has 0 aromatic rings. The minimum atomic E-state index is -0.358. The zero-order chi connectivity index (χ0) is 15.1. The lowest BCUT2D eigenvalue weighted by Gasteiger charge is -2.02. The number of carbonyl (C=O) groups excluding carboxylic acids is 1. The molecule has 0 saturated carbocycles. The Bertz CT molecular complexity index is 246. The van der Waals surface area contributed by atoms with E-state index in [1.807, 2.05) is 6.08 Å². The maximum absolute atomic E-state index is 11.2. The molecule has 0 spiro atoms. The molecule has 0 aliphatic rings. The topological polar surface area (TPSA) is 43.1 Å². The van der Waals surface area contributed by atoms with Crippen molar-refractivity contribution in [1.29, 1.82) is 0 Å². The zero-order valence-corrected chi connectivity index (χ0v) is 13.7. The highest BCUT2D eigenvalue weighted by Crippen LogP contribution is 2.11. The first-order valence-corrected chi connectivity index (χ1v) is 8.64. The number of allylic oxidation sites excluding steroid dienone is 1. The highest BCUT2D eigenvalue weighted by Gasteiger charge is 2.00. The molecule has 0 rings (SSSR count). The Balaban J connectivity index is 3.15. The summed E-state index contributed by atoms with van der Waals surface area (Å²) in [6, 6.07) is -0.358. The molecule has 0 radical (unpaired) electrons. The van der Waals surface area contributed by atoms with E-state index in [-0.39, 0.29) is 11.8 Å². The van der Waals surface area contributed by atoms with Crippen molar-refractivity contribution in [2.75, 3.05) is 0 Å². The number of rotatable bonds is 14. The fourth-order valence-electron chi connectivity index (χ4n) is 2.28. The Morgan fingerprint density at radius 3 is 1.80 bits per heavy atom. The van der Waals surface area contributed by atoms with Crippen LogP contribution in [0.1, 0.15) is 90.9 Å². The van der Waals surface area contributed by atoms with Crippen molar-refractivity contribution in [3.63, 3.8) is 0 Å². The molecular weight excluding hydrogens is 246 g/mol. The fraction of sp³-hybridized carbons (Fsp3) is 0.833. The first kappa shape index (κ1) is 19.4. The predicted molar refractivity (Wildman–Crippen MR) is 88.9 cm³/mol. The van der Waals surface area contributed by atoms with Gasteiger partial charge in [0.25, 0.3) is 0 Å². The Kier molecular flexibility index (Phi) is 14.3. The Morgan fingerprint density at radius 1 is 0.900 bits per heavy atom. The van der Waals surface area contributed by atoms with Gasteiger partial charge in [0.1, 0.15) is 0 Å². The number of carbonyl (C=O) groups is 1. The minimum Gasteiger partial charge on any atom is -0.321 e. The molecule has 0 aromatic heterocycles. The van der Waals surface area contributed by atoms with Gasteiger partial charge >= 0.3 is 0 Å². The van der Waals surface area contributed by atoms with E-state index in [4.69, 9.17) is 5.73 Å². The van der Waals surface area contributed by atoms with E-state index in [9.17, 15) is 4.79 Å². The van der Waals surface area contributed by atoms with Gasteiger partial charge < -0.3 is 5.73 Å². The van der Waals surface area contributed by atoms with Crippen molar-refractivity contribution in [2.45, 2.75) is 96.9 Å². The van der Waals surface area contributed by atoms with Crippen LogP contribution in [0.4, 0.5) is 0 Å². The number of nitrogens with two attached hydrogens (primary N) is 1. The molecule has 0 unspecified atom stereocenters. The van der Waals surface area contributed by atoms with E-state index in [0.717, 1.165) is 6.42 Å². The van der Waals surface area contributed by atoms with Gasteiger partial charge in [-0.25, -0.2) is 0 Å². The van der Waals surface area contributed by atoms with Crippen LogP contribution in [0.2, 0.25) is 0 Å². The molecule has 0 aliphatic heterocycles. The quantitative estimate of drug-likeness (QED) is 0.353. The molecule has 0 aromatic carbocycles. The molecule has 0 heterocycles. The van der Waals surface area contributed by atoms with Crippen LogP contribution in [-0.4, -0.2) is 11.8 Å². The van der Waals surface area contributed by atoms with Crippen LogP contribution < -0.4 is 5.73 Å². The molecule has 1 atom stereocenters. The van der Waals surface area contributed by atoms with Crippen LogP contribution >= 0.6 is 0 Å². The zero-order valence-electron chi connectivity index (χ0n) is 13.7. The standard InChI is InChI=1S/C18H35NO/c1-3-4-5-6-7-8-9-10-11-12-13-14-15-16-18(20)17(2)19/h15-17H,3-14,19H2,1-2H3/b16-15+/t17-/m0/s1. The summed E-state index contributed by atoms with van der Waals surface area (Å²) in [7, 11) is 0. The normalized spacial score (nSPS) is 12.9. The highest BCUT2D eigenvalue weighted by molar-refractivity contribution is 5.93. The van der Waals surface area contributed by atoms with E-state index in [1.165, 1.54) is 70.6 Å². The van der Waals surface area contributed by atoms with Gasteiger partial charge in [0.05, 0.1) is 6.04 Å². The maximum atomic E-state index is 11.2. The summed E-state index contributed by atoms with van der Waals surface area (Å²) in [5.41, 5.74) is 5.48. The third-order valence-electron chi connectivity index (χ3n) is 3.71. The number of ketones is 1. The summed E-state index contributed by atoms with van der Waals surface area (Å²) in [6.45, 7) is 4.00. The van der Waals surface area contributed by atoms with Gasteiger partial charge in [-0.15, -0.1) is 0 Å². The third-order valence-corrected chi connectivity index (χ3v) is 3.71. The van der Waals surface area contributed by atoms with Gasteiger partial charge in [-0.1, -0.05) is 77.2 Å². The van der Waals surface area contributed by atoms with Crippen molar-refractivity contribution >= 4 is 5.78 Å². The van der Waals surface area contributed by atoms with Crippen LogP contribution in [0.25, 0.3) is 0 Å². The number of hydrogen-bond donors (Lipinski definition) is 1. The van der Waals surface area contributed by atoms with Crippen LogP contribution in [0, 0.1) is 0 Å². The van der Waals surface area contributed by atoms with Gasteiger partial charge in [0, 0.05) is 0 Å². The van der Waals surface area contributed by atoms with E-state index in [2.05, 4.69) is 6.92 Å². The van der Waals surface area contributed by atoms with E-state index in [0.29, 0.717) is 0 Å². The molecular formula is C18H35NO. The van der Waals surface area contributed by atoms with Gasteiger partial charge in [0.15, 0.2) is 5.78 Å². The largest absolute Gasteiger partial charge is 0.321 e. The molecule has 118 valence electrons. The van der Waals surface area contributed by atoms with Gasteiger partial charge in [0.2, 0.25) is 0 Å². The lowest BCUT2D eigenvalue weighted by Crippen LogP contribution is -2.24. The van der Waals surface area contributed by atoms with Crippen molar-refractivity contribution in [3.05, 3.63) is 12.2 Å². The molecule has 0 aliphatic carbocycles. The smallest absolute Gasteiger partial charge is 0.171 e. The van der Waals surface area contributed by atoms with Crippen molar-refractivity contribution in [1.82, 2.24) is 0 Å². The fourth-order valence-corrected chi connectivity index (χ4v) is 2.28. The summed E-state index contributed by atoms with van der Waals surface area (Å²) in [5.74, 6) is 0.0353. The Morgan fingerprint density at radius 2 is 1.35 bits per heavy atom. The number of unbranched alkanes of at least 4 members (excludes halogenated alkanes) is 11. The Labute approximate surface area is 126 Å². The lowest BCUT2D eigenvalue weighted by molar-refractivity contribution is -0.115. The second kappa shape index (κ2) is 14.8.